The van der Waals surface area contributed by atoms with Gasteiger partial charge >= 0.3 is 10.2 Å². The molecule has 34 heavy (non-hydrogen) atoms. The number of nitrogens with one attached hydrogen (secondary N) is 2. The first kappa shape index (κ1) is 25.0. The summed E-state index contributed by atoms with van der Waals surface area (Å²) in [6.45, 7) is 9.26. The Hall–Kier alpha value is -2.06. The molecule has 9 heteroatoms. The van der Waals surface area contributed by atoms with Crippen LogP contribution in [0.5, 0.6) is 0 Å². The first-order chi connectivity index (χ1) is 16.1. The van der Waals surface area contributed by atoms with Crippen molar-refractivity contribution < 1.29 is 8.42 Å². The number of amidine groups is 1. The lowest BCUT2D eigenvalue weighted by molar-refractivity contribution is 0.205. The van der Waals surface area contributed by atoms with E-state index in [4.69, 9.17) is 28.2 Å². The quantitative estimate of drug-likeness (QED) is 0.591. The number of benzene rings is 2. The zero-order valence-electron chi connectivity index (χ0n) is 19.7. The molecule has 0 spiro atoms. The fraction of sp³-hybridized carbons (Fsp3) is 0.400. The van der Waals surface area contributed by atoms with Crippen molar-refractivity contribution in [3.8, 4) is 0 Å². The lowest BCUT2D eigenvalue weighted by Gasteiger charge is -2.31. The SMILES string of the molecule is Cc1cc(C)c(CN2CCC(N=C3C=C(Cc4c(Cl)cccc4Cl)NS(=O)(=O)N3)CC2)c(C)c1. The summed E-state index contributed by atoms with van der Waals surface area (Å²) in [5, 5.41) is 0.993. The lowest BCUT2D eigenvalue weighted by atomic mass is 9.98. The van der Waals surface area contributed by atoms with E-state index in [-0.39, 0.29) is 12.5 Å². The van der Waals surface area contributed by atoms with Crippen molar-refractivity contribution in [3.63, 3.8) is 0 Å². The van der Waals surface area contributed by atoms with E-state index in [1.807, 2.05) is 0 Å². The van der Waals surface area contributed by atoms with Crippen molar-refractivity contribution in [3.05, 3.63) is 80.0 Å². The van der Waals surface area contributed by atoms with Gasteiger partial charge in [0.25, 0.3) is 0 Å². The molecule has 0 unspecified atom stereocenters. The van der Waals surface area contributed by atoms with Crippen LogP contribution >= 0.6 is 23.2 Å². The molecule has 1 fully saturated rings. The molecular weight excluding hydrogens is 491 g/mol. The maximum atomic E-state index is 12.4. The molecule has 0 radical (unpaired) electrons. The molecule has 2 aromatic carbocycles. The molecule has 182 valence electrons. The van der Waals surface area contributed by atoms with Crippen molar-refractivity contribution >= 4 is 39.2 Å². The van der Waals surface area contributed by atoms with Crippen LogP contribution in [0.2, 0.25) is 10.0 Å². The van der Waals surface area contributed by atoms with Gasteiger partial charge in [0.2, 0.25) is 0 Å². The lowest BCUT2D eigenvalue weighted by Crippen LogP contribution is -2.45. The molecule has 0 bridgehead atoms. The predicted octanol–water partition coefficient (Wildman–Crippen LogP) is 4.85. The maximum Gasteiger partial charge on any atom is 0.322 e. The van der Waals surface area contributed by atoms with Gasteiger partial charge in [0.1, 0.15) is 5.84 Å². The molecule has 0 amide bonds. The molecule has 2 N–H and O–H groups in total. The molecule has 2 heterocycles. The minimum absolute atomic E-state index is 0.0636. The average Bonchev–Trinajstić information content (AvgIpc) is 2.73. The van der Waals surface area contributed by atoms with Gasteiger partial charge in [0.05, 0.1) is 6.04 Å². The highest BCUT2D eigenvalue weighted by molar-refractivity contribution is 7.88. The Labute approximate surface area is 212 Å². The zero-order chi connectivity index (χ0) is 24.5. The highest BCUT2D eigenvalue weighted by Gasteiger charge is 2.24. The molecule has 0 saturated carbocycles. The fourth-order valence-electron chi connectivity index (χ4n) is 4.69. The van der Waals surface area contributed by atoms with Gasteiger partial charge in [-0.25, -0.2) is 0 Å². The van der Waals surface area contributed by atoms with E-state index in [0.717, 1.165) is 32.5 Å². The van der Waals surface area contributed by atoms with E-state index in [0.29, 0.717) is 27.1 Å². The third kappa shape index (κ3) is 6.13. The van der Waals surface area contributed by atoms with Gasteiger partial charge in [-0.05, 0) is 68.0 Å². The number of aryl methyl sites for hydroxylation is 3. The maximum absolute atomic E-state index is 12.4. The molecule has 0 aliphatic carbocycles. The van der Waals surface area contributed by atoms with Crippen LogP contribution in [0.15, 0.2) is 47.1 Å². The van der Waals surface area contributed by atoms with E-state index in [2.05, 4.69) is 47.2 Å². The largest absolute Gasteiger partial charge is 0.322 e. The summed E-state index contributed by atoms with van der Waals surface area (Å²) < 4.78 is 29.8. The Morgan fingerprint density at radius 2 is 1.62 bits per heavy atom. The summed E-state index contributed by atoms with van der Waals surface area (Å²) in [6, 6.07) is 9.78. The standard InChI is InChI=1S/C25H30Cl2N4O2S/c1-16-11-17(2)22(18(3)12-16)15-31-9-7-19(8-10-31)28-25-14-20(29-34(32,33)30-25)13-21-23(26)5-4-6-24(21)27/h4-6,11-12,14,19,29H,7-10,13,15H2,1-3H3,(H,28,30). The van der Waals surface area contributed by atoms with E-state index in [1.165, 1.54) is 22.3 Å². The number of allylic oxidation sites excluding steroid dienone is 1. The third-order valence-corrected chi connectivity index (χ3v) is 8.06. The van der Waals surface area contributed by atoms with Gasteiger partial charge in [0.15, 0.2) is 0 Å². The van der Waals surface area contributed by atoms with Crippen molar-refractivity contribution in [2.75, 3.05) is 13.1 Å². The van der Waals surface area contributed by atoms with Gasteiger partial charge in [-0.15, -0.1) is 0 Å². The van der Waals surface area contributed by atoms with E-state index >= 15 is 0 Å². The topological polar surface area (TPSA) is 73.8 Å². The summed E-state index contributed by atoms with van der Waals surface area (Å²) in [5.41, 5.74) is 6.51. The van der Waals surface area contributed by atoms with Crippen molar-refractivity contribution in [2.45, 2.75) is 52.6 Å². The van der Waals surface area contributed by atoms with Gasteiger partial charge in [-0.3, -0.25) is 19.3 Å². The van der Waals surface area contributed by atoms with E-state index < -0.39 is 10.2 Å². The molecule has 6 nitrogen and oxygen atoms in total. The smallest absolute Gasteiger partial charge is 0.299 e. The summed E-state index contributed by atoms with van der Waals surface area (Å²) >= 11 is 12.5. The monoisotopic (exact) mass is 520 g/mol. The van der Waals surface area contributed by atoms with Crippen LogP contribution in [0, 0.1) is 20.8 Å². The number of hydrogen-bond acceptors (Lipinski definition) is 4. The van der Waals surface area contributed by atoms with Gasteiger partial charge < -0.3 is 0 Å². The Morgan fingerprint density at radius 3 is 2.24 bits per heavy atom. The van der Waals surface area contributed by atoms with Crippen LogP contribution < -0.4 is 9.44 Å². The van der Waals surface area contributed by atoms with Crippen LogP contribution in [-0.4, -0.2) is 38.3 Å². The second-order valence-corrected chi connectivity index (χ2v) is 11.4. The molecule has 1 saturated heterocycles. The molecular formula is C25H30Cl2N4O2S. The summed E-state index contributed by atoms with van der Waals surface area (Å²) in [5.74, 6) is 0.348. The van der Waals surface area contributed by atoms with Gasteiger partial charge in [-0.1, -0.05) is 47.0 Å². The first-order valence-corrected chi connectivity index (χ1v) is 13.6. The summed E-state index contributed by atoms with van der Waals surface area (Å²) in [6.07, 6.45) is 3.75. The van der Waals surface area contributed by atoms with Crippen LogP contribution in [0.3, 0.4) is 0 Å². The normalized spacial score (nSPS) is 20.0. The predicted molar refractivity (Wildman–Crippen MR) is 140 cm³/mol. The number of rotatable bonds is 5. The second-order valence-electron chi connectivity index (χ2n) is 9.15. The number of aliphatic imine (C=N–C) groups is 1. The van der Waals surface area contributed by atoms with Crippen LogP contribution in [0.1, 0.15) is 40.7 Å². The van der Waals surface area contributed by atoms with Crippen LogP contribution in [0.25, 0.3) is 0 Å². The number of hydrogen-bond donors (Lipinski definition) is 2. The Morgan fingerprint density at radius 1 is 1.00 bits per heavy atom. The second kappa shape index (κ2) is 10.3. The van der Waals surface area contributed by atoms with Crippen molar-refractivity contribution in [1.29, 1.82) is 0 Å². The molecule has 0 aromatic heterocycles. The summed E-state index contributed by atoms with van der Waals surface area (Å²) in [7, 11) is -3.74. The van der Waals surface area contributed by atoms with Crippen molar-refractivity contribution in [2.24, 2.45) is 4.99 Å². The van der Waals surface area contributed by atoms with E-state index in [1.54, 1.807) is 24.3 Å². The Balaban J connectivity index is 1.44. The number of likely N-dealkylation sites (tertiary alicyclic amines) is 1. The summed E-state index contributed by atoms with van der Waals surface area (Å²) in [4.78, 5) is 7.19. The average molecular weight is 522 g/mol. The number of nitrogens with zero attached hydrogens (tertiary/aromatic N) is 2. The highest BCUT2D eigenvalue weighted by atomic mass is 35.5. The molecule has 0 atom stereocenters. The highest BCUT2D eigenvalue weighted by Crippen LogP contribution is 2.27. The number of piperidine rings is 1. The Bertz CT molecular complexity index is 1210. The van der Waals surface area contributed by atoms with Crippen LogP contribution in [-0.2, 0) is 23.2 Å². The number of halogens is 2. The zero-order valence-corrected chi connectivity index (χ0v) is 22.0. The molecule has 2 aliphatic heterocycles. The van der Waals surface area contributed by atoms with Crippen molar-refractivity contribution in [1.82, 2.24) is 14.3 Å². The molecule has 2 aliphatic rings. The molecule has 2 aromatic rings. The Kier molecular flexibility index (Phi) is 7.57. The van der Waals surface area contributed by atoms with E-state index in [9.17, 15) is 8.42 Å². The minimum atomic E-state index is -3.74. The van der Waals surface area contributed by atoms with Gasteiger partial charge in [-0.2, -0.15) is 8.42 Å². The first-order valence-electron chi connectivity index (χ1n) is 11.4. The van der Waals surface area contributed by atoms with Gasteiger partial charge in [0, 0.05) is 47.9 Å². The van der Waals surface area contributed by atoms with Crippen LogP contribution in [0.4, 0.5) is 0 Å². The minimum Gasteiger partial charge on any atom is -0.299 e. The molecule has 4 rings (SSSR count). The fourth-order valence-corrected chi connectivity index (χ4v) is 6.13. The third-order valence-electron chi connectivity index (χ3n) is 6.35.